The third-order valence-electron chi connectivity index (χ3n) is 2.69. The summed E-state index contributed by atoms with van der Waals surface area (Å²) in [6, 6.07) is 3.10. The van der Waals surface area contributed by atoms with Crippen LogP contribution in [0.5, 0.6) is 0 Å². The van der Waals surface area contributed by atoms with E-state index in [1.807, 2.05) is 0 Å². The first kappa shape index (κ1) is 15.3. The highest BCUT2D eigenvalue weighted by Gasteiger charge is 2.31. The van der Waals surface area contributed by atoms with Gasteiger partial charge in [-0.2, -0.15) is 13.2 Å². The van der Waals surface area contributed by atoms with Gasteiger partial charge in [-0.15, -0.1) is 11.3 Å². The van der Waals surface area contributed by atoms with E-state index in [0.29, 0.717) is 4.70 Å². The zero-order valence-electron chi connectivity index (χ0n) is 11.0. The summed E-state index contributed by atoms with van der Waals surface area (Å²) < 4.78 is 43.3. The molecule has 0 aliphatic rings. The fourth-order valence-electron chi connectivity index (χ4n) is 1.81. The molecular weight excluding hydrogens is 307 g/mol. The minimum absolute atomic E-state index is 0.0421. The predicted octanol–water partition coefficient (Wildman–Crippen LogP) is 3.67. The van der Waals surface area contributed by atoms with Gasteiger partial charge in [0.25, 0.3) is 0 Å². The number of hydrogen-bond donors (Lipinski definition) is 1. The largest absolute Gasteiger partial charge is 0.465 e. The molecule has 0 saturated carbocycles. The molecule has 2 aromatic rings. The summed E-state index contributed by atoms with van der Waals surface area (Å²) in [6.07, 6.45) is -4.50. The summed E-state index contributed by atoms with van der Waals surface area (Å²) in [6.45, 7) is 1.21. The van der Waals surface area contributed by atoms with Crippen LogP contribution in [0.2, 0.25) is 0 Å². The van der Waals surface area contributed by atoms with Crippen molar-refractivity contribution in [2.75, 3.05) is 12.4 Å². The maximum Gasteiger partial charge on any atom is 0.416 e. The number of anilines is 1. The molecule has 0 fully saturated rings. The van der Waals surface area contributed by atoms with E-state index in [2.05, 4.69) is 10.1 Å². The second-order valence-electron chi connectivity index (χ2n) is 4.19. The maximum absolute atomic E-state index is 12.8. The van der Waals surface area contributed by atoms with Crippen LogP contribution in [-0.2, 0) is 15.7 Å². The normalized spacial score (nSPS) is 11.5. The van der Waals surface area contributed by atoms with Gasteiger partial charge in [-0.3, -0.25) is 4.79 Å². The third-order valence-corrected chi connectivity index (χ3v) is 3.84. The van der Waals surface area contributed by atoms with Crippen molar-refractivity contribution >= 4 is 39.0 Å². The van der Waals surface area contributed by atoms with E-state index in [4.69, 9.17) is 0 Å². The Morgan fingerprint density at radius 2 is 1.95 bits per heavy atom. The minimum Gasteiger partial charge on any atom is -0.465 e. The smallest absolute Gasteiger partial charge is 0.416 e. The number of hydrogen-bond acceptors (Lipinski definition) is 4. The highest BCUT2D eigenvalue weighted by molar-refractivity contribution is 7.21. The molecule has 1 N–H and O–H groups in total. The number of esters is 1. The van der Waals surface area contributed by atoms with Crippen LogP contribution in [0, 0.1) is 0 Å². The summed E-state index contributed by atoms with van der Waals surface area (Å²) >= 11 is 0.961. The lowest BCUT2D eigenvalue weighted by Gasteiger charge is -2.07. The predicted molar refractivity (Wildman–Crippen MR) is 72.5 cm³/mol. The number of alkyl halides is 3. The standard InChI is InChI=1S/C13H10F3NO3S/c1-6(18)17-10-8-5-7(13(14,15)16)3-4-9(8)21-11(10)12(19)20-2/h3-5H,1-2H3,(H,17,18). The Morgan fingerprint density at radius 3 is 2.48 bits per heavy atom. The van der Waals surface area contributed by atoms with E-state index in [0.717, 1.165) is 30.6 Å². The topological polar surface area (TPSA) is 55.4 Å². The van der Waals surface area contributed by atoms with Gasteiger partial charge in [0.2, 0.25) is 5.91 Å². The fraction of sp³-hybridized carbons (Fsp3) is 0.231. The quantitative estimate of drug-likeness (QED) is 0.860. The molecule has 0 aliphatic heterocycles. The van der Waals surface area contributed by atoms with Gasteiger partial charge in [0, 0.05) is 17.0 Å². The number of methoxy groups -OCH3 is 1. The Morgan fingerprint density at radius 1 is 1.29 bits per heavy atom. The van der Waals surface area contributed by atoms with Crippen LogP contribution < -0.4 is 5.32 Å². The molecule has 1 amide bonds. The molecular formula is C13H10F3NO3S. The minimum atomic E-state index is -4.50. The van der Waals surface area contributed by atoms with Gasteiger partial charge in [-0.1, -0.05) is 0 Å². The number of thiophene rings is 1. The van der Waals surface area contributed by atoms with Gasteiger partial charge < -0.3 is 10.1 Å². The zero-order chi connectivity index (χ0) is 15.8. The van der Waals surface area contributed by atoms with Gasteiger partial charge in [-0.25, -0.2) is 4.79 Å². The molecule has 0 atom stereocenters. The number of benzene rings is 1. The molecule has 0 saturated heterocycles. The van der Waals surface area contributed by atoms with Gasteiger partial charge in [-0.05, 0) is 18.2 Å². The van der Waals surface area contributed by atoms with Crippen LogP contribution in [0.4, 0.5) is 18.9 Å². The number of halogens is 3. The summed E-state index contributed by atoms with van der Waals surface area (Å²) in [7, 11) is 1.16. The summed E-state index contributed by atoms with van der Waals surface area (Å²) in [4.78, 5) is 23.0. The van der Waals surface area contributed by atoms with E-state index in [-0.39, 0.29) is 16.0 Å². The lowest BCUT2D eigenvalue weighted by molar-refractivity contribution is -0.137. The van der Waals surface area contributed by atoms with E-state index in [9.17, 15) is 22.8 Å². The molecule has 2 rings (SSSR count). The highest BCUT2D eigenvalue weighted by Crippen LogP contribution is 2.40. The molecule has 1 aromatic carbocycles. The number of carbonyl (C=O) groups is 2. The summed E-state index contributed by atoms with van der Waals surface area (Å²) in [5.74, 6) is -1.20. The van der Waals surface area contributed by atoms with E-state index >= 15 is 0 Å². The molecule has 8 heteroatoms. The Labute approximate surface area is 121 Å². The average Bonchev–Trinajstić information content (AvgIpc) is 2.74. The van der Waals surface area contributed by atoms with Crippen molar-refractivity contribution in [3.05, 3.63) is 28.6 Å². The van der Waals surface area contributed by atoms with Gasteiger partial charge >= 0.3 is 12.1 Å². The van der Waals surface area contributed by atoms with Crippen molar-refractivity contribution in [3.63, 3.8) is 0 Å². The lowest BCUT2D eigenvalue weighted by atomic mass is 10.1. The molecule has 0 aliphatic carbocycles. The van der Waals surface area contributed by atoms with Crippen molar-refractivity contribution in [2.24, 2.45) is 0 Å². The number of rotatable bonds is 2. The zero-order valence-corrected chi connectivity index (χ0v) is 11.8. The second kappa shape index (κ2) is 5.36. The van der Waals surface area contributed by atoms with Gasteiger partial charge in [0.05, 0.1) is 18.4 Å². The van der Waals surface area contributed by atoms with Crippen molar-refractivity contribution in [1.82, 2.24) is 0 Å². The van der Waals surface area contributed by atoms with E-state index < -0.39 is 23.6 Å². The Kier molecular flexibility index (Phi) is 3.91. The average molecular weight is 317 g/mol. The van der Waals surface area contributed by atoms with Gasteiger partial charge in [0.15, 0.2) is 0 Å². The Bertz CT molecular complexity index is 721. The van der Waals surface area contributed by atoms with Crippen molar-refractivity contribution < 1.29 is 27.5 Å². The molecule has 4 nitrogen and oxygen atoms in total. The number of fused-ring (bicyclic) bond motifs is 1. The molecule has 1 heterocycles. The van der Waals surface area contributed by atoms with Crippen LogP contribution in [0.1, 0.15) is 22.2 Å². The Hall–Kier alpha value is -2.09. The Balaban J connectivity index is 2.70. The number of ether oxygens (including phenoxy) is 1. The maximum atomic E-state index is 12.8. The first-order valence-corrected chi connectivity index (χ1v) is 6.55. The number of carbonyl (C=O) groups excluding carboxylic acids is 2. The fourth-order valence-corrected chi connectivity index (χ4v) is 2.87. The summed E-state index contributed by atoms with van der Waals surface area (Å²) in [5, 5.41) is 2.55. The molecule has 0 spiro atoms. The van der Waals surface area contributed by atoms with Crippen LogP contribution in [0.25, 0.3) is 10.1 Å². The van der Waals surface area contributed by atoms with Crippen LogP contribution in [-0.4, -0.2) is 19.0 Å². The monoisotopic (exact) mass is 317 g/mol. The third kappa shape index (κ3) is 2.99. The molecule has 1 aromatic heterocycles. The lowest BCUT2D eigenvalue weighted by Crippen LogP contribution is -2.10. The van der Waals surface area contributed by atoms with Crippen molar-refractivity contribution in [3.8, 4) is 0 Å². The van der Waals surface area contributed by atoms with Crippen LogP contribution in [0.15, 0.2) is 18.2 Å². The highest BCUT2D eigenvalue weighted by atomic mass is 32.1. The van der Waals surface area contributed by atoms with Crippen LogP contribution in [0.3, 0.4) is 0 Å². The number of nitrogens with one attached hydrogen (secondary N) is 1. The first-order valence-electron chi connectivity index (χ1n) is 5.73. The molecule has 0 bridgehead atoms. The SMILES string of the molecule is COC(=O)c1sc2ccc(C(F)(F)F)cc2c1NC(C)=O. The molecule has 21 heavy (non-hydrogen) atoms. The number of amides is 1. The molecule has 0 radical (unpaired) electrons. The molecule has 0 unspecified atom stereocenters. The first-order chi connectivity index (χ1) is 9.74. The van der Waals surface area contributed by atoms with Crippen molar-refractivity contribution in [1.29, 1.82) is 0 Å². The molecule has 112 valence electrons. The van der Waals surface area contributed by atoms with E-state index in [1.165, 1.54) is 13.0 Å². The van der Waals surface area contributed by atoms with Crippen molar-refractivity contribution in [2.45, 2.75) is 13.1 Å². The van der Waals surface area contributed by atoms with E-state index in [1.54, 1.807) is 0 Å². The van der Waals surface area contributed by atoms with Gasteiger partial charge in [0.1, 0.15) is 4.88 Å². The van der Waals surface area contributed by atoms with Crippen LogP contribution >= 0.6 is 11.3 Å². The summed E-state index contributed by atoms with van der Waals surface area (Å²) in [5.41, 5.74) is -0.809. The second-order valence-corrected chi connectivity index (χ2v) is 5.24.